The van der Waals surface area contributed by atoms with E-state index in [4.69, 9.17) is 9.52 Å². The van der Waals surface area contributed by atoms with Crippen molar-refractivity contribution in [2.45, 2.75) is 19.8 Å². The maximum atomic E-state index is 10.6. The lowest BCUT2D eigenvalue weighted by Crippen LogP contribution is -1.96. The van der Waals surface area contributed by atoms with Gasteiger partial charge in [0.1, 0.15) is 11.3 Å². The summed E-state index contributed by atoms with van der Waals surface area (Å²) in [7, 11) is 0. The van der Waals surface area contributed by atoms with E-state index in [1.54, 1.807) is 0 Å². The second-order valence-corrected chi connectivity index (χ2v) is 5.24. The summed E-state index contributed by atoms with van der Waals surface area (Å²) in [6.07, 6.45) is 0.685. The van der Waals surface area contributed by atoms with Gasteiger partial charge in [-0.25, -0.2) is 0 Å². The molecule has 3 aromatic rings. The molecule has 3 heteroatoms. The van der Waals surface area contributed by atoms with Gasteiger partial charge in [0.05, 0.1) is 0 Å². The quantitative estimate of drug-likeness (QED) is 0.769. The van der Waals surface area contributed by atoms with Gasteiger partial charge in [0.2, 0.25) is 0 Å². The van der Waals surface area contributed by atoms with E-state index in [0.29, 0.717) is 6.42 Å². The second kappa shape index (κ2) is 5.44. The number of hydrogen-bond donors (Lipinski definition) is 1. The van der Waals surface area contributed by atoms with Gasteiger partial charge in [0.25, 0.3) is 0 Å². The highest BCUT2D eigenvalue weighted by molar-refractivity contribution is 5.83. The van der Waals surface area contributed by atoms with Crippen molar-refractivity contribution in [2.75, 3.05) is 0 Å². The van der Waals surface area contributed by atoms with Crippen molar-refractivity contribution >= 4 is 16.9 Å². The summed E-state index contributed by atoms with van der Waals surface area (Å²) in [6, 6.07) is 16.0. The molecule has 0 amide bonds. The average Bonchev–Trinajstić information content (AvgIpc) is 2.88. The third kappa shape index (κ3) is 2.97. The van der Waals surface area contributed by atoms with Crippen LogP contribution in [0.15, 0.2) is 52.9 Å². The Morgan fingerprint density at radius 3 is 2.57 bits per heavy atom. The molecule has 0 fully saturated rings. The molecule has 1 N–H and O–H groups in total. The molecular formula is C18H16O3. The van der Waals surface area contributed by atoms with Crippen LogP contribution in [0.5, 0.6) is 0 Å². The topological polar surface area (TPSA) is 50.4 Å². The molecule has 0 atom stereocenters. The SMILES string of the molecule is Cc1ccc(-c2cc3cc(CCC(=O)O)ccc3o2)cc1. The van der Waals surface area contributed by atoms with Crippen molar-refractivity contribution in [3.8, 4) is 11.3 Å². The summed E-state index contributed by atoms with van der Waals surface area (Å²) < 4.78 is 5.86. The summed E-state index contributed by atoms with van der Waals surface area (Å²) >= 11 is 0. The summed E-state index contributed by atoms with van der Waals surface area (Å²) in [4.78, 5) is 10.6. The Balaban J connectivity index is 1.92. The molecule has 0 saturated heterocycles. The zero-order valence-corrected chi connectivity index (χ0v) is 11.8. The highest BCUT2D eigenvalue weighted by Crippen LogP contribution is 2.28. The number of aryl methyl sites for hydroxylation is 2. The third-order valence-corrected chi connectivity index (χ3v) is 3.54. The molecule has 1 aromatic heterocycles. The number of carboxylic acids is 1. The van der Waals surface area contributed by atoms with Crippen molar-refractivity contribution in [3.05, 3.63) is 59.7 Å². The normalized spacial score (nSPS) is 10.9. The van der Waals surface area contributed by atoms with E-state index in [1.807, 2.05) is 36.4 Å². The lowest BCUT2D eigenvalue weighted by atomic mass is 10.1. The lowest BCUT2D eigenvalue weighted by molar-refractivity contribution is -0.136. The molecule has 0 spiro atoms. The fraction of sp³-hybridized carbons (Fsp3) is 0.167. The molecule has 2 aromatic carbocycles. The summed E-state index contributed by atoms with van der Waals surface area (Å²) in [5.74, 6) is 0.0584. The molecule has 106 valence electrons. The number of carboxylic acid groups (broad SMARTS) is 1. The largest absolute Gasteiger partial charge is 0.481 e. The van der Waals surface area contributed by atoms with Gasteiger partial charge in [0.15, 0.2) is 0 Å². The fourth-order valence-electron chi connectivity index (χ4n) is 2.36. The van der Waals surface area contributed by atoms with Gasteiger partial charge in [-0.15, -0.1) is 0 Å². The Hall–Kier alpha value is -2.55. The Kier molecular flexibility index (Phi) is 3.48. The van der Waals surface area contributed by atoms with E-state index >= 15 is 0 Å². The van der Waals surface area contributed by atoms with Crippen molar-refractivity contribution in [1.29, 1.82) is 0 Å². The minimum absolute atomic E-state index is 0.147. The minimum Gasteiger partial charge on any atom is -0.481 e. The van der Waals surface area contributed by atoms with E-state index in [9.17, 15) is 4.79 Å². The predicted octanol–water partition coefficient (Wildman–Crippen LogP) is 4.43. The van der Waals surface area contributed by atoms with Gasteiger partial charge in [-0.3, -0.25) is 4.79 Å². The molecule has 1 heterocycles. The van der Waals surface area contributed by atoms with Crippen LogP contribution in [0.1, 0.15) is 17.5 Å². The van der Waals surface area contributed by atoms with E-state index in [2.05, 4.69) is 19.1 Å². The molecule has 0 aliphatic rings. The van der Waals surface area contributed by atoms with Crippen molar-refractivity contribution in [3.63, 3.8) is 0 Å². The Labute approximate surface area is 122 Å². The van der Waals surface area contributed by atoms with Gasteiger partial charge >= 0.3 is 5.97 Å². The number of fused-ring (bicyclic) bond motifs is 1. The summed E-state index contributed by atoms with van der Waals surface area (Å²) in [6.45, 7) is 2.05. The number of hydrogen-bond acceptors (Lipinski definition) is 2. The third-order valence-electron chi connectivity index (χ3n) is 3.54. The first-order chi connectivity index (χ1) is 10.1. The number of carbonyl (C=O) groups is 1. The van der Waals surface area contributed by atoms with E-state index in [1.165, 1.54) is 5.56 Å². The van der Waals surface area contributed by atoms with Gasteiger partial charge in [-0.2, -0.15) is 0 Å². The van der Waals surface area contributed by atoms with Crippen LogP contribution in [-0.4, -0.2) is 11.1 Å². The van der Waals surface area contributed by atoms with E-state index in [-0.39, 0.29) is 6.42 Å². The van der Waals surface area contributed by atoms with Crippen LogP contribution < -0.4 is 0 Å². The van der Waals surface area contributed by atoms with Crippen LogP contribution >= 0.6 is 0 Å². The molecule has 21 heavy (non-hydrogen) atoms. The monoisotopic (exact) mass is 280 g/mol. The van der Waals surface area contributed by atoms with E-state index in [0.717, 1.165) is 27.9 Å². The second-order valence-electron chi connectivity index (χ2n) is 5.24. The van der Waals surface area contributed by atoms with Crippen molar-refractivity contribution < 1.29 is 14.3 Å². The maximum Gasteiger partial charge on any atom is 0.303 e. The standard InChI is InChI=1S/C18H16O3/c1-12-2-6-14(7-3-12)17-11-15-10-13(5-9-18(19)20)4-8-16(15)21-17/h2-4,6-8,10-11H,5,9H2,1H3,(H,19,20). The smallest absolute Gasteiger partial charge is 0.303 e. The van der Waals surface area contributed by atoms with Crippen LogP contribution in [-0.2, 0) is 11.2 Å². The molecule has 3 rings (SSSR count). The first-order valence-corrected chi connectivity index (χ1v) is 6.93. The fourth-order valence-corrected chi connectivity index (χ4v) is 2.36. The molecule has 0 bridgehead atoms. The van der Waals surface area contributed by atoms with Crippen LogP contribution in [0.2, 0.25) is 0 Å². The zero-order chi connectivity index (χ0) is 14.8. The number of furan rings is 1. The zero-order valence-electron chi connectivity index (χ0n) is 11.8. The van der Waals surface area contributed by atoms with Crippen LogP contribution in [0.4, 0.5) is 0 Å². The Morgan fingerprint density at radius 2 is 1.86 bits per heavy atom. The molecular weight excluding hydrogens is 264 g/mol. The highest BCUT2D eigenvalue weighted by atomic mass is 16.4. The number of aliphatic carboxylic acids is 1. The molecule has 3 nitrogen and oxygen atoms in total. The first kappa shape index (κ1) is 13.4. The summed E-state index contributed by atoms with van der Waals surface area (Å²) in [5.41, 5.74) is 4.10. The van der Waals surface area contributed by atoms with Crippen molar-refractivity contribution in [2.24, 2.45) is 0 Å². The molecule has 0 radical (unpaired) electrons. The number of benzene rings is 2. The molecule has 0 aliphatic carbocycles. The Morgan fingerprint density at radius 1 is 1.10 bits per heavy atom. The molecule has 0 unspecified atom stereocenters. The minimum atomic E-state index is -0.775. The number of rotatable bonds is 4. The average molecular weight is 280 g/mol. The molecule has 0 saturated carbocycles. The van der Waals surface area contributed by atoms with Crippen LogP contribution in [0.25, 0.3) is 22.3 Å². The van der Waals surface area contributed by atoms with E-state index < -0.39 is 5.97 Å². The van der Waals surface area contributed by atoms with Gasteiger partial charge in [-0.1, -0.05) is 35.9 Å². The molecule has 0 aliphatic heterocycles. The highest BCUT2D eigenvalue weighted by Gasteiger charge is 2.07. The van der Waals surface area contributed by atoms with Gasteiger partial charge in [0, 0.05) is 17.4 Å². The lowest BCUT2D eigenvalue weighted by Gasteiger charge is -1.97. The van der Waals surface area contributed by atoms with Gasteiger partial charge in [-0.05, 0) is 37.1 Å². The predicted molar refractivity (Wildman–Crippen MR) is 82.3 cm³/mol. The maximum absolute atomic E-state index is 10.6. The van der Waals surface area contributed by atoms with Crippen LogP contribution in [0.3, 0.4) is 0 Å². The van der Waals surface area contributed by atoms with Gasteiger partial charge < -0.3 is 9.52 Å². The first-order valence-electron chi connectivity index (χ1n) is 6.93. The Bertz CT molecular complexity index is 782. The van der Waals surface area contributed by atoms with Crippen LogP contribution in [0, 0.1) is 6.92 Å². The van der Waals surface area contributed by atoms with Crippen molar-refractivity contribution in [1.82, 2.24) is 0 Å². The summed E-state index contributed by atoms with van der Waals surface area (Å²) in [5, 5.41) is 9.75.